The van der Waals surface area contributed by atoms with Crippen molar-refractivity contribution in [1.82, 2.24) is 20.0 Å². The molecule has 1 N–H and O–H groups in total. The number of aromatic nitrogens is 2. The highest BCUT2D eigenvalue weighted by Gasteiger charge is 2.21. The molecule has 0 saturated carbocycles. The minimum atomic E-state index is 0.0635. The minimum absolute atomic E-state index is 0.0635. The first kappa shape index (κ1) is 17.0. The van der Waals surface area contributed by atoms with E-state index >= 15 is 0 Å². The molecule has 1 aliphatic rings. The van der Waals surface area contributed by atoms with Gasteiger partial charge in [0.15, 0.2) is 0 Å². The van der Waals surface area contributed by atoms with E-state index in [1.165, 1.54) is 0 Å². The van der Waals surface area contributed by atoms with Crippen molar-refractivity contribution in [3.8, 4) is 0 Å². The maximum atomic E-state index is 12.1. The normalized spacial score (nSPS) is 22.8. The Morgan fingerprint density at radius 3 is 2.50 bits per heavy atom. The SMILES string of the molecule is Cc1nn(C)c(C)c1CC(=O)NCCN1C[C@@H](C)O[C@@H](C)C1. The number of rotatable bonds is 5. The van der Waals surface area contributed by atoms with Gasteiger partial charge in [0.25, 0.3) is 0 Å². The lowest BCUT2D eigenvalue weighted by molar-refractivity contribution is -0.120. The van der Waals surface area contributed by atoms with Crippen LogP contribution in [-0.2, 0) is 23.0 Å². The molecule has 2 rings (SSSR count). The van der Waals surface area contributed by atoms with E-state index < -0.39 is 0 Å². The van der Waals surface area contributed by atoms with Gasteiger partial charge in [0, 0.05) is 44.5 Å². The highest BCUT2D eigenvalue weighted by Crippen LogP contribution is 2.12. The molecule has 0 radical (unpaired) electrons. The van der Waals surface area contributed by atoms with Crippen molar-refractivity contribution in [2.24, 2.45) is 7.05 Å². The summed E-state index contributed by atoms with van der Waals surface area (Å²) in [6.45, 7) is 11.5. The predicted octanol–water partition coefficient (Wildman–Crippen LogP) is 0.805. The van der Waals surface area contributed by atoms with Gasteiger partial charge in [0.05, 0.1) is 24.3 Å². The Bertz CT molecular complexity index is 516. The summed E-state index contributed by atoms with van der Waals surface area (Å²) in [6.07, 6.45) is 0.932. The van der Waals surface area contributed by atoms with Crippen molar-refractivity contribution < 1.29 is 9.53 Å². The number of carbonyl (C=O) groups is 1. The van der Waals surface area contributed by atoms with Crippen LogP contribution in [0.5, 0.6) is 0 Å². The van der Waals surface area contributed by atoms with Crippen LogP contribution in [0.3, 0.4) is 0 Å². The van der Waals surface area contributed by atoms with Crippen LogP contribution < -0.4 is 5.32 Å². The molecule has 0 aliphatic carbocycles. The molecule has 0 spiro atoms. The molecule has 6 heteroatoms. The third-order valence-electron chi connectivity index (χ3n) is 4.24. The summed E-state index contributed by atoms with van der Waals surface area (Å²) in [7, 11) is 1.91. The Hall–Kier alpha value is -1.40. The molecule has 1 aromatic heterocycles. The Morgan fingerprint density at radius 1 is 1.32 bits per heavy atom. The number of aryl methyl sites for hydroxylation is 2. The highest BCUT2D eigenvalue weighted by molar-refractivity contribution is 5.79. The molecule has 0 bridgehead atoms. The maximum Gasteiger partial charge on any atom is 0.224 e. The molecular formula is C16H28N4O2. The highest BCUT2D eigenvalue weighted by atomic mass is 16.5. The van der Waals surface area contributed by atoms with Crippen LogP contribution in [0.25, 0.3) is 0 Å². The molecule has 1 fully saturated rings. The van der Waals surface area contributed by atoms with Gasteiger partial charge >= 0.3 is 0 Å². The van der Waals surface area contributed by atoms with E-state index in [4.69, 9.17) is 4.74 Å². The summed E-state index contributed by atoms with van der Waals surface area (Å²) in [6, 6.07) is 0. The molecule has 22 heavy (non-hydrogen) atoms. The third-order valence-corrected chi connectivity index (χ3v) is 4.24. The molecule has 1 aliphatic heterocycles. The van der Waals surface area contributed by atoms with Gasteiger partial charge in [-0.15, -0.1) is 0 Å². The van der Waals surface area contributed by atoms with Crippen molar-refractivity contribution in [2.75, 3.05) is 26.2 Å². The Morgan fingerprint density at radius 2 is 1.95 bits per heavy atom. The molecule has 1 amide bonds. The maximum absolute atomic E-state index is 12.1. The lowest BCUT2D eigenvalue weighted by Gasteiger charge is -2.35. The number of carbonyl (C=O) groups excluding carboxylic acids is 1. The van der Waals surface area contributed by atoms with Crippen LogP contribution in [0.2, 0.25) is 0 Å². The lowest BCUT2D eigenvalue weighted by Crippen LogP contribution is -2.48. The molecule has 1 saturated heterocycles. The standard InChI is InChI=1S/C16H28N4O2/c1-11-9-20(10-12(2)22-11)7-6-17-16(21)8-15-13(3)18-19(5)14(15)4/h11-12H,6-10H2,1-5H3,(H,17,21)/t11-,12+. The quantitative estimate of drug-likeness (QED) is 0.874. The first-order valence-electron chi connectivity index (χ1n) is 8.00. The zero-order valence-electron chi connectivity index (χ0n) is 14.3. The molecular weight excluding hydrogens is 280 g/mol. The Labute approximate surface area is 132 Å². The summed E-state index contributed by atoms with van der Waals surface area (Å²) in [4.78, 5) is 14.5. The van der Waals surface area contributed by atoms with Crippen LogP contribution in [0.15, 0.2) is 0 Å². The average molecular weight is 308 g/mol. The Kier molecular flexibility index (Phi) is 5.58. The number of amides is 1. The zero-order chi connectivity index (χ0) is 16.3. The van der Waals surface area contributed by atoms with Crippen LogP contribution in [0.1, 0.15) is 30.8 Å². The van der Waals surface area contributed by atoms with Gasteiger partial charge in [-0.3, -0.25) is 14.4 Å². The van der Waals surface area contributed by atoms with E-state index in [0.717, 1.165) is 36.6 Å². The van der Waals surface area contributed by atoms with Crippen molar-refractivity contribution in [1.29, 1.82) is 0 Å². The van der Waals surface area contributed by atoms with Gasteiger partial charge < -0.3 is 10.1 Å². The van der Waals surface area contributed by atoms with Gasteiger partial charge in [0.2, 0.25) is 5.91 Å². The predicted molar refractivity (Wildman–Crippen MR) is 85.8 cm³/mol. The van der Waals surface area contributed by atoms with E-state index in [0.29, 0.717) is 13.0 Å². The largest absolute Gasteiger partial charge is 0.373 e. The van der Waals surface area contributed by atoms with Crippen LogP contribution >= 0.6 is 0 Å². The van der Waals surface area contributed by atoms with Crippen molar-refractivity contribution in [2.45, 2.75) is 46.3 Å². The summed E-state index contributed by atoms with van der Waals surface area (Å²) < 4.78 is 7.54. The molecule has 2 heterocycles. The first-order chi connectivity index (χ1) is 10.4. The molecule has 0 unspecified atom stereocenters. The molecule has 0 aromatic carbocycles. The molecule has 1 aromatic rings. The Balaban J connectivity index is 1.76. The second-order valence-corrected chi connectivity index (χ2v) is 6.32. The monoisotopic (exact) mass is 308 g/mol. The van der Waals surface area contributed by atoms with E-state index in [-0.39, 0.29) is 18.1 Å². The van der Waals surface area contributed by atoms with Crippen molar-refractivity contribution in [3.05, 3.63) is 17.0 Å². The van der Waals surface area contributed by atoms with Gasteiger partial charge in [0.1, 0.15) is 0 Å². The zero-order valence-corrected chi connectivity index (χ0v) is 14.3. The fraction of sp³-hybridized carbons (Fsp3) is 0.750. The van der Waals surface area contributed by atoms with Gasteiger partial charge in [-0.05, 0) is 27.7 Å². The molecule has 6 nitrogen and oxygen atoms in total. The number of nitrogens with zero attached hydrogens (tertiary/aromatic N) is 3. The number of hydrogen-bond donors (Lipinski definition) is 1. The fourth-order valence-electron chi connectivity index (χ4n) is 3.12. The minimum Gasteiger partial charge on any atom is -0.373 e. The van der Waals surface area contributed by atoms with E-state index in [1.807, 2.05) is 25.6 Å². The second-order valence-electron chi connectivity index (χ2n) is 6.32. The molecule has 124 valence electrons. The second kappa shape index (κ2) is 7.24. The van der Waals surface area contributed by atoms with E-state index in [1.54, 1.807) is 0 Å². The smallest absolute Gasteiger partial charge is 0.224 e. The van der Waals surface area contributed by atoms with E-state index in [2.05, 4.69) is 29.2 Å². The van der Waals surface area contributed by atoms with Crippen LogP contribution in [-0.4, -0.2) is 59.0 Å². The topological polar surface area (TPSA) is 59.4 Å². The fourth-order valence-corrected chi connectivity index (χ4v) is 3.12. The van der Waals surface area contributed by atoms with E-state index in [9.17, 15) is 4.79 Å². The summed E-state index contributed by atoms with van der Waals surface area (Å²) >= 11 is 0. The number of hydrogen-bond acceptors (Lipinski definition) is 4. The van der Waals surface area contributed by atoms with Gasteiger partial charge in [-0.25, -0.2) is 0 Å². The van der Waals surface area contributed by atoms with Crippen molar-refractivity contribution in [3.63, 3.8) is 0 Å². The summed E-state index contributed by atoms with van der Waals surface area (Å²) in [5, 5.41) is 7.36. The van der Waals surface area contributed by atoms with Crippen molar-refractivity contribution >= 4 is 5.91 Å². The van der Waals surface area contributed by atoms with Gasteiger partial charge in [-0.1, -0.05) is 0 Å². The summed E-state index contributed by atoms with van der Waals surface area (Å²) in [5.74, 6) is 0.0635. The number of nitrogens with one attached hydrogen (secondary N) is 1. The van der Waals surface area contributed by atoms with Crippen LogP contribution in [0, 0.1) is 13.8 Å². The van der Waals surface area contributed by atoms with Crippen LogP contribution in [0.4, 0.5) is 0 Å². The number of morpholine rings is 1. The summed E-state index contributed by atoms with van der Waals surface area (Å²) in [5.41, 5.74) is 3.03. The average Bonchev–Trinajstić information content (AvgIpc) is 2.64. The number of ether oxygens (including phenoxy) is 1. The third kappa shape index (κ3) is 4.30. The van der Waals surface area contributed by atoms with Gasteiger partial charge in [-0.2, -0.15) is 5.10 Å². The first-order valence-corrected chi connectivity index (χ1v) is 8.00. The molecule has 2 atom stereocenters. The lowest BCUT2D eigenvalue weighted by atomic mass is 10.1.